The second-order valence-corrected chi connectivity index (χ2v) is 6.49. The number of aliphatic carboxylic acids is 1. The van der Waals surface area contributed by atoms with Gasteiger partial charge in [-0.25, -0.2) is 0 Å². The fraction of sp³-hybridized carbons (Fsp3) is 0.556. The van der Waals surface area contributed by atoms with Gasteiger partial charge >= 0.3 is 5.97 Å². The minimum absolute atomic E-state index is 0.0138. The molecule has 1 aliphatic heterocycles. The van der Waals surface area contributed by atoms with E-state index in [9.17, 15) is 9.59 Å². The summed E-state index contributed by atoms with van der Waals surface area (Å²) >= 11 is 0. The van der Waals surface area contributed by atoms with Gasteiger partial charge in [0.2, 0.25) is 5.91 Å². The van der Waals surface area contributed by atoms with Crippen molar-refractivity contribution in [3.63, 3.8) is 0 Å². The molecule has 2 fully saturated rings. The highest BCUT2D eigenvalue weighted by Gasteiger charge is 2.36. The van der Waals surface area contributed by atoms with E-state index in [2.05, 4.69) is 12.1 Å². The highest BCUT2D eigenvalue weighted by atomic mass is 16.4. The molecule has 1 saturated carbocycles. The molecule has 1 atom stereocenters. The lowest BCUT2D eigenvalue weighted by molar-refractivity contribution is -0.146. The summed E-state index contributed by atoms with van der Waals surface area (Å²) < 4.78 is 0. The van der Waals surface area contributed by atoms with Crippen molar-refractivity contribution in [3.8, 4) is 0 Å². The Morgan fingerprint density at radius 1 is 0.955 bits per heavy atom. The number of hydrogen-bond acceptors (Lipinski definition) is 2. The molecule has 1 aromatic carbocycles. The van der Waals surface area contributed by atoms with Crippen LogP contribution < -0.4 is 0 Å². The maximum atomic E-state index is 12.8. The van der Waals surface area contributed by atoms with Gasteiger partial charge in [-0.1, -0.05) is 30.3 Å². The zero-order valence-corrected chi connectivity index (χ0v) is 12.8. The minimum atomic E-state index is -0.714. The molecule has 1 heterocycles. The van der Waals surface area contributed by atoms with Crippen LogP contribution in [0.25, 0.3) is 0 Å². The molecule has 0 bridgehead atoms. The van der Waals surface area contributed by atoms with Gasteiger partial charge in [0.1, 0.15) is 0 Å². The van der Waals surface area contributed by atoms with Gasteiger partial charge in [0.15, 0.2) is 0 Å². The number of benzene rings is 1. The second kappa shape index (κ2) is 6.51. The lowest BCUT2D eigenvalue weighted by atomic mass is 9.81. The minimum Gasteiger partial charge on any atom is -0.481 e. The maximum Gasteiger partial charge on any atom is 0.306 e. The SMILES string of the molecule is O=C(O)C1CCC(C(=O)N2CCCC2c2ccccc2)CC1. The third-order valence-electron chi connectivity index (χ3n) is 5.15. The smallest absolute Gasteiger partial charge is 0.306 e. The van der Waals surface area contributed by atoms with E-state index in [-0.39, 0.29) is 23.8 Å². The lowest BCUT2D eigenvalue weighted by Crippen LogP contribution is -2.38. The van der Waals surface area contributed by atoms with Gasteiger partial charge in [-0.3, -0.25) is 9.59 Å². The number of carbonyl (C=O) groups is 2. The molecular weight excluding hydrogens is 278 g/mol. The quantitative estimate of drug-likeness (QED) is 0.932. The number of likely N-dealkylation sites (tertiary alicyclic amines) is 1. The van der Waals surface area contributed by atoms with Crippen molar-refractivity contribution in [2.45, 2.75) is 44.6 Å². The molecule has 0 spiro atoms. The average Bonchev–Trinajstić information content (AvgIpc) is 3.04. The van der Waals surface area contributed by atoms with Crippen molar-refractivity contribution in [3.05, 3.63) is 35.9 Å². The van der Waals surface area contributed by atoms with Crippen LogP contribution in [0.5, 0.6) is 0 Å². The normalized spacial score (nSPS) is 28.5. The summed E-state index contributed by atoms with van der Waals surface area (Å²) in [5.41, 5.74) is 1.22. The molecule has 22 heavy (non-hydrogen) atoms. The molecule has 0 aromatic heterocycles. The molecule has 4 heteroatoms. The molecule has 3 rings (SSSR count). The Labute approximate surface area is 131 Å². The summed E-state index contributed by atoms with van der Waals surface area (Å²) in [7, 11) is 0. The molecular formula is C18H23NO3. The Balaban J connectivity index is 1.66. The zero-order chi connectivity index (χ0) is 15.5. The van der Waals surface area contributed by atoms with E-state index in [0.29, 0.717) is 25.7 Å². The highest BCUT2D eigenvalue weighted by Crippen LogP contribution is 2.36. The van der Waals surface area contributed by atoms with E-state index >= 15 is 0 Å². The van der Waals surface area contributed by atoms with Crippen LogP contribution in [0.1, 0.15) is 50.1 Å². The van der Waals surface area contributed by atoms with Crippen molar-refractivity contribution in [1.82, 2.24) is 4.90 Å². The Bertz CT molecular complexity index is 535. The molecule has 1 unspecified atom stereocenters. The zero-order valence-electron chi connectivity index (χ0n) is 12.8. The van der Waals surface area contributed by atoms with Crippen LogP contribution in [0.4, 0.5) is 0 Å². The number of hydrogen-bond donors (Lipinski definition) is 1. The van der Waals surface area contributed by atoms with E-state index < -0.39 is 5.97 Å². The first-order chi connectivity index (χ1) is 10.7. The molecule has 0 radical (unpaired) electrons. The van der Waals surface area contributed by atoms with Crippen molar-refractivity contribution < 1.29 is 14.7 Å². The first-order valence-corrected chi connectivity index (χ1v) is 8.25. The summed E-state index contributed by atoms with van der Waals surface area (Å²) in [6, 6.07) is 10.4. The number of amides is 1. The van der Waals surface area contributed by atoms with Gasteiger partial charge in [0.05, 0.1) is 12.0 Å². The molecule has 4 nitrogen and oxygen atoms in total. The van der Waals surface area contributed by atoms with Crippen molar-refractivity contribution >= 4 is 11.9 Å². The Morgan fingerprint density at radius 2 is 1.59 bits per heavy atom. The summed E-state index contributed by atoms with van der Waals surface area (Å²) in [5.74, 6) is -0.725. The van der Waals surface area contributed by atoms with Crippen LogP contribution in [0.2, 0.25) is 0 Å². The molecule has 1 aromatic rings. The fourth-order valence-electron chi connectivity index (χ4n) is 3.87. The maximum absolute atomic E-state index is 12.8. The Hall–Kier alpha value is -1.84. The third kappa shape index (κ3) is 3.01. The predicted octanol–water partition coefficient (Wildman–Crippen LogP) is 3.24. The topological polar surface area (TPSA) is 57.6 Å². The van der Waals surface area contributed by atoms with Crippen LogP contribution in [0.15, 0.2) is 30.3 Å². The van der Waals surface area contributed by atoms with Gasteiger partial charge < -0.3 is 10.0 Å². The molecule has 2 aliphatic rings. The first kappa shape index (κ1) is 15.1. The highest BCUT2D eigenvalue weighted by molar-refractivity contribution is 5.80. The number of nitrogens with zero attached hydrogens (tertiary/aromatic N) is 1. The van der Waals surface area contributed by atoms with Crippen LogP contribution >= 0.6 is 0 Å². The second-order valence-electron chi connectivity index (χ2n) is 6.49. The molecule has 1 aliphatic carbocycles. The van der Waals surface area contributed by atoms with Gasteiger partial charge in [-0.2, -0.15) is 0 Å². The summed E-state index contributed by atoms with van der Waals surface area (Å²) in [4.78, 5) is 25.9. The van der Waals surface area contributed by atoms with Gasteiger partial charge in [-0.15, -0.1) is 0 Å². The van der Waals surface area contributed by atoms with Crippen molar-refractivity contribution in [2.24, 2.45) is 11.8 Å². The average molecular weight is 301 g/mol. The number of carboxylic acids is 1. The van der Waals surface area contributed by atoms with Crippen LogP contribution in [-0.2, 0) is 9.59 Å². The van der Waals surface area contributed by atoms with Gasteiger partial charge in [0.25, 0.3) is 0 Å². The summed E-state index contributed by atoms with van der Waals surface area (Å²) in [6.45, 7) is 0.831. The summed E-state index contributed by atoms with van der Waals surface area (Å²) in [6.07, 6.45) is 4.78. The van der Waals surface area contributed by atoms with E-state index in [0.717, 1.165) is 19.4 Å². The predicted molar refractivity (Wildman–Crippen MR) is 83.2 cm³/mol. The largest absolute Gasteiger partial charge is 0.481 e. The van der Waals surface area contributed by atoms with Gasteiger partial charge in [-0.05, 0) is 44.1 Å². The van der Waals surface area contributed by atoms with Crippen LogP contribution in [-0.4, -0.2) is 28.4 Å². The Kier molecular flexibility index (Phi) is 4.46. The fourth-order valence-corrected chi connectivity index (χ4v) is 3.87. The van der Waals surface area contributed by atoms with Crippen molar-refractivity contribution in [2.75, 3.05) is 6.54 Å². The monoisotopic (exact) mass is 301 g/mol. The third-order valence-corrected chi connectivity index (χ3v) is 5.15. The van der Waals surface area contributed by atoms with Crippen LogP contribution in [0.3, 0.4) is 0 Å². The molecule has 118 valence electrons. The van der Waals surface area contributed by atoms with Crippen molar-refractivity contribution in [1.29, 1.82) is 0 Å². The Morgan fingerprint density at radius 3 is 2.23 bits per heavy atom. The summed E-state index contributed by atoms with van der Waals surface area (Å²) in [5, 5.41) is 9.07. The number of carboxylic acid groups (broad SMARTS) is 1. The van der Waals surface area contributed by atoms with E-state index in [4.69, 9.17) is 5.11 Å². The van der Waals surface area contributed by atoms with E-state index in [1.807, 2.05) is 23.1 Å². The number of rotatable bonds is 3. The number of carbonyl (C=O) groups excluding carboxylic acids is 1. The lowest BCUT2D eigenvalue weighted by Gasteiger charge is -2.32. The van der Waals surface area contributed by atoms with Crippen LogP contribution in [0, 0.1) is 11.8 Å². The standard InChI is InChI=1S/C18H23NO3/c20-17(14-8-10-15(11-9-14)18(21)22)19-12-4-7-16(19)13-5-2-1-3-6-13/h1-3,5-6,14-16H,4,7-12H2,(H,21,22). The van der Waals surface area contributed by atoms with Gasteiger partial charge in [0, 0.05) is 12.5 Å². The molecule has 1 saturated heterocycles. The first-order valence-electron chi connectivity index (χ1n) is 8.25. The van der Waals surface area contributed by atoms with E-state index in [1.165, 1.54) is 5.56 Å². The van der Waals surface area contributed by atoms with E-state index in [1.54, 1.807) is 0 Å². The molecule has 1 amide bonds. The molecule has 1 N–H and O–H groups in total.